The van der Waals surface area contributed by atoms with E-state index in [9.17, 15) is 8.42 Å². The van der Waals surface area contributed by atoms with Crippen molar-refractivity contribution in [2.75, 3.05) is 27.2 Å². The van der Waals surface area contributed by atoms with Crippen LogP contribution in [0.5, 0.6) is 0 Å². The molecule has 0 aliphatic carbocycles. The minimum atomic E-state index is -3.50. The van der Waals surface area contributed by atoms with Gasteiger partial charge in [-0.1, -0.05) is 31.2 Å². The summed E-state index contributed by atoms with van der Waals surface area (Å²) in [7, 11) is -0.423. The zero-order valence-corrected chi connectivity index (χ0v) is 18.6. The first-order valence-corrected chi connectivity index (χ1v) is 11.7. The Balaban J connectivity index is 2.06. The Morgan fingerprint density at radius 3 is 2.57 bits per heavy atom. The lowest BCUT2D eigenvalue weighted by molar-refractivity contribution is 0.519. The maximum atomic E-state index is 12.5. The van der Waals surface area contributed by atoms with Crippen LogP contribution in [-0.2, 0) is 23.0 Å². The highest BCUT2D eigenvalue weighted by Gasteiger charge is 2.20. The van der Waals surface area contributed by atoms with Crippen LogP contribution in [0.1, 0.15) is 24.3 Å². The fourth-order valence-electron chi connectivity index (χ4n) is 2.70. The molecule has 0 spiro atoms. The second-order valence-electron chi connectivity index (χ2n) is 6.86. The number of guanidine groups is 1. The first-order chi connectivity index (χ1) is 13.3. The Hall–Kier alpha value is -1.90. The summed E-state index contributed by atoms with van der Waals surface area (Å²) in [6.07, 6.45) is 1.02. The van der Waals surface area contributed by atoms with Crippen LogP contribution >= 0.6 is 11.3 Å². The minimum Gasteiger partial charge on any atom is -0.357 e. The predicted molar refractivity (Wildman–Crippen MR) is 117 cm³/mol. The molecule has 1 heterocycles. The number of aliphatic imine (C=N–C) groups is 1. The number of nitrogens with one attached hydrogen (secondary N) is 2. The van der Waals surface area contributed by atoms with Gasteiger partial charge in [-0.15, -0.1) is 11.3 Å². The summed E-state index contributed by atoms with van der Waals surface area (Å²) < 4.78 is 26.3. The lowest BCUT2D eigenvalue weighted by Crippen LogP contribution is -2.39. The van der Waals surface area contributed by atoms with Crippen molar-refractivity contribution in [3.63, 3.8) is 0 Å². The largest absolute Gasteiger partial charge is 0.357 e. The van der Waals surface area contributed by atoms with Crippen LogP contribution in [0, 0.1) is 5.92 Å². The van der Waals surface area contributed by atoms with Gasteiger partial charge in [-0.2, -0.15) is 0 Å². The third-order valence-corrected chi connectivity index (χ3v) is 7.04. The maximum Gasteiger partial charge on any atom is 0.242 e. The fourth-order valence-corrected chi connectivity index (χ4v) is 4.68. The van der Waals surface area contributed by atoms with E-state index < -0.39 is 10.0 Å². The highest BCUT2D eigenvalue weighted by Crippen LogP contribution is 2.19. The molecule has 0 saturated heterocycles. The predicted octanol–water partition coefficient (Wildman–Crippen LogP) is 2.93. The lowest BCUT2D eigenvalue weighted by Gasteiger charge is -2.17. The molecule has 2 rings (SSSR count). The summed E-state index contributed by atoms with van der Waals surface area (Å²) in [6, 6.07) is 11.2. The molecule has 2 aromatic rings. The molecule has 0 bridgehead atoms. The van der Waals surface area contributed by atoms with Crippen molar-refractivity contribution in [2.24, 2.45) is 10.9 Å². The molecule has 0 aliphatic rings. The van der Waals surface area contributed by atoms with Gasteiger partial charge < -0.3 is 10.6 Å². The van der Waals surface area contributed by atoms with Crippen LogP contribution in [0.4, 0.5) is 0 Å². The van der Waals surface area contributed by atoms with Crippen molar-refractivity contribution in [1.29, 1.82) is 0 Å². The lowest BCUT2D eigenvalue weighted by atomic mass is 10.1. The average Bonchev–Trinajstić information content (AvgIpc) is 3.17. The SMILES string of the molecule is CCNC(=NCc1ccccc1S(=O)(=O)N(C)C)NCC(C)Cc1cccs1. The van der Waals surface area contributed by atoms with Gasteiger partial charge in [-0.25, -0.2) is 17.7 Å². The first-order valence-electron chi connectivity index (χ1n) is 9.39. The Bertz CT molecular complexity index is 862. The molecule has 0 amide bonds. The molecule has 1 unspecified atom stereocenters. The molecular formula is C20H30N4O2S2. The molecule has 2 N–H and O–H groups in total. The van der Waals surface area contributed by atoms with Gasteiger partial charge in [0.1, 0.15) is 0 Å². The zero-order valence-electron chi connectivity index (χ0n) is 17.0. The van der Waals surface area contributed by atoms with E-state index in [0.717, 1.165) is 19.5 Å². The zero-order chi connectivity index (χ0) is 20.6. The molecular weight excluding hydrogens is 392 g/mol. The second-order valence-corrected chi connectivity index (χ2v) is 10.0. The van der Waals surface area contributed by atoms with E-state index in [1.165, 1.54) is 23.3 Å². The molecule has 8 heteroatoms. The number of thiophene rings is 1. The number of nitrogens with zero attached hydrogens (tertiary/aromatic N) is 2. The maximum absolute atomic E-state index is 12.5. The van der Waals surface area contributed by atoms with Crippen LogP contribution in [0.3, 0.4) is 0 Å². The van der Waals surface area contributed by atoms with Gasteiger partial charge in [-0.05, 0) is 42.3 Å². The molecule has 0 radical (unpaired) electrons. The van der Waals surface area contributed by atoms with Crippen LogP contribution in [0.25, 0.3) is 0 Å². The summed E-state index contributed by atoms with van der Waals surface area (Å²) in [5.41, 5.74) is 0.681. The third-order valence-electron chi connectivity index (χ3n) is 4.23. The summed E-state index contributed by atoms with van der Waals surface area (Å²) in [6.45, 7) is 6.04. The molecule has 0 fully saturated rings. The van der Waals surface area contributed by atoms with E-state index in [-0.39, 0.29) is 6.54 Å². The second kappa shape index (κ2) is 10.6. The summed E-state index contributed by atoms with van der Waals surface area (Å²) in [4.78, 5) is 6.27. The number of hydrogen-bond acceptors (Lipinski definition) is 4. The van der Waals surface area contributed by atoms with Gasteiger partial charge in [0.25, 0.3) is 0 Å². The normalized spacial score (nSPS) is 13.5. The molecule has 6 nitrogen and oxygen atoms in total. The van der Waals surface area contributed by atoms with Crippen molar-refractivity contribution in [3.05, 3.63) is 52.2 Å². The van der Waals surface area contributed by atoms with E-state index in [1.54, 1.807) is 23.5 Å². The van der Waals surface area contributed by atoms with E-state index in [2.05, 4.69) is 40.1 Å². The van der Waals surface area contributed by atoms with Crippen molar-refractivity contribution in [3.8, 4) is 0 Å². The van der Waals surface area contributed by atoms with Crippen molar-refractivity contribution in [1.82, 2.24) is 14.9 Å². The molecule has 28 heavy (non-hydrogen) atoms. The monoisotopic (exact) mass is 422 g/mol. The van der Waals surface area contributed by atoms with Crippen LogP contribution in [-0.4, -0.2) is 45.9 Å². The van der Waals surface area contributed by atoms with Crippen LogP contribution in [0.15, 0.2) is 51.7 Å². The number of rotatable bonds is 9. The highest BCUT2D eigenvalue weighted by atomic mass is 32.2. The summed E-state index contributed by atoms with van der Waals surface area (Å²) in [5.74, 6) is 1.15. The fraction of sp³-hybridized carbons (Fsp3) is 0.450. The number of sulfonamides is 1. The van der Waals surface area contributed by atoms with Gasteiger partial charge in [0.2, 0.25) is 10.0 Å². The van der Waals surface area contributed by atoms with Gasteiger partial charge in [-0.3, -0.25) is 0 Å². The van der Waals surface area contributed by atoms with E-state index in [0.29, 0.717) is 22.3 Å². The smallest absolute Gasteiger partial charge is 0.242 e. The summed E-state index contributed by atoms with van der Waals surface area (Å²) in [5, 5.41) is 8.69. The minimum absolute atomic E-state index is 0.290. The third kappa shape index (κ3) is 6.32. The van der Waals surface area contributed by atoms with Gasteiger partial charge in [0, 0.05) is 32.1 Å². The molecule has 154 valence electrons. The van der Waals surface area contributed by atoms with Crippen molar-refractivity contribution < 1.29 is 8.42 Å². The van der Waals surface area contributed by atoms with Crippen LogP contribution in [0.2, 0.25) is 0 Å². The Morgan fingerprint density at radius 1 is 1.18 bits per heavy atom. The quantitative estimate of drug-likeness (QED) is 0.481. The van der Waals surface area contributed by atoms with Gasteiger partial charge in [0.15, 0.2) is 5.96 Å². The molecule has 1 atom stereocenters. The topological polar surface area (TPSA) is 73.8 Å². The van der Waals surface area contributed by atoms with Gasteiger partial charge >= 0.3 is 0 Å². The standard InChI is InChI=1S/C20H30N4O2S2/c1-5-21-20(22-14-16(2)13-18-10-8-12-27-18)23-15-17-9-6-7-11-19(17)28(25,26)24(3)4/h6-12,16H,5,13-15H2,1-4H3,(H2,21,22,23). The Labute approximate surface area is 172 Å². The number of benzene rings is 1. The van der Waals surface area contributed by atoms with E-state index >= 15 is 0 Å². The first kappa shape index (κ1) is 22.4. The molecule has 1 aromatic carbocycles. The molecule has 1 aromatic heterocycles. The average molecular weight is 423 g/mol. The van der Waals surface area contributed by atoms with Crippen LogP contribution < -0.4 is 10.6 Å². The Morgan fingerprint density at radius 2 is 1.93 bits per heavy atom. The Kier molecular flexibility index (Phi) is 8.47. The van der Waals surface area contributed by atoms with Crippen molar-refractivity contribution in [2.45, 2.75) is 31.7 Å². The molecule has 0 saturated carbocycles. The highest BCUT2D eigenvalue weighted by molar-refractivity contribution is 7.89. The van der Waals surface area contributed by atoms with E-state index in [4.69, 9.17) is 0 Å². The van der Waals surface area contributed by atoms with Crippen molar-refractivity contribution >= 4 is 27.3 Å². The molecule has 0 aliphatic heterocycles. The van der Waals surface area contributed by atoms with Gasteiger partial charge in [0.05, 0.1) is 11.4 Å². The van der Waals surface area contributed by atoms with E-state index in [1.807, 2.05) is 19.1 Å². The summed E-state index contributed by atoms with van der Waals surface area (Å²) >= 11 is 1.77. The number of hydrogen-bond donors (Lipinski definition) is 2.